The average Bonchev–Trinajstić information content (AvgIpc) is 2.22. The SMILES string of the molecule is COC(=O)C(O)c1c(Br)ccc(Cl)c1F. The van der Waals surface area contributed by atoms with E-state index in [1.165, 1.54) is 12.1 Å². The summed E-state index contributed by atoms with van der Waals surface area (Å²) in [6.45, 7) is 0. The summed E-state index contributed by atoms with van der Waals surface area (Å²) in [5.74, 6) is -1.79. The van der Waals surface area contributed by atoms with Crippen molar-refractivity contribution in [3.05, 3.63) is 33.0 Å². The van der Waals surface area contributed by atoms with Gasteiger partial charge >= 0.3 is 5.97 Å². The van der Waals surface area contributed by atoms with E-state index in [-0.39, 0.29) is 15.1 Å². The van der Waals surface area contributed by atoms with Crippen LogP contribution >= 0.6 is 27.5 Å². The number of halogens is 3. The van der Waals surface area contributed by atoms with E-state index in [2.05, 4.69) is 20.7 Å². The smallest absolute Gasteiger partial charge is 0.339 e. The van der Waals surface area contributed by atoms with E-state index in [1.807, 2.05) is 0 Å². The van der Waals surface area contributed by atoms with Gasteiger partial charge in [-0.05, 0) is 12.1 Å². The molecule has 1 aromatic rings. The highest BCUT2D eigenvalue weighted by atomic mass is 79.9. The lowest BCUT2D eigenvalue weighted by molar-refractivity contribution is -0.150. The van der Waals surface area contributed by atoms with Crippen molar-refractivity contribution >= 4 is 33.5 Å². The summed E-state index contributed by atoms with van der Waals surface area (Å²) in [5, 5.41) is 9.30. The van der Waals surface area contributed by atoms with Crippen LogP contribution in [-0.2, 0) is 9.53 Å². The molecule has 0 amide bonds. The molecule has 0 bridgehead atoms. The molecule has 1 aromatic carbocycles. The largest absolute Gasteiger partial charge is 0.467 e. The first kappa shape index (κ1) is 12.4. The Kier molecular flexibility index (Phi) is 4.07. The normalized spacial score (nSPS) is 12.3. The van der Waals surface area contributed by atoms with Crippen molar-refractivity contribution in [1.29, 1.82) is 0 Å². The number of esters is 1. The molecule has 1 N–H and O–H groups in total. The Morgan fingerprint density at radius 2 is 2.27 bits per heavy atom. The number of aliphatic hydroxyl groups excluding tert-OH is 1. The van der Waals surface area contributed by atoms with Crippen molar-refractivity contribution in [3.8, 4) is 0 Å². The highest BCUT2D eigenvalue weighted by Gasteiger charge is 2.25. The Hall–Kier alpha value is -0.650. The van der Waals surface area contributed by atoms with Gasteiger partial charge in [-0.1, -0.05) is 27.5 Å². The summed E-state index contributed by atoms with van der Waals surface area (Å²) in [6, 6.07) is 2.75. The van der Waals surface area contributed by atoms with E-state index in [0.717, 1.165) is 7.11 Å². The maximum Gasteiger partial charge on any atom is 0.339 e. The number of hydrogen-bond donors (Lipinski definition) is 1. The molecule has 0 fully saturated rings. The number of rotatable bonds is 2. The van der Waals surface area contributed by atoms with Crippen LogP contribution in [0.15, 0.2) is 16.6 Å². The second kappa shape index (κ2) is 4.92. The zero-order valence-corrected chi connectivity index (χ0v) is 9.97. The zero-order valence-electron chi connectivity index (χ0n) is 7.63. The van der Waals surface area contributed by atoms with Crippen molar-refractivity contribution in [2.75, 3.05) is 7.11 Å². The molecule has 82 valence electrons. The third-order valence-corrected chi connectivity index (χ3v) is 2.76. The highest BCUT2D eigenvalue weighted by molar-refractivity contribution is 9.10. The molecule has 1 rings (SSSR count). The summed E-state index contributed by atoms with van der Waals surface area (Å²) >= 11 is 8.53. The van der Waals surface area contributed by atoms with Gasteiger partial charge in [0.2, 0.25) is 0 Å². The number of benzene rings is 1. The van der Waals surface area contributed by atoms with Crippen LogP contribution in [-0.4, -0.2) is 18.2 Å². The molecule has 0 heterocycles. The molecule has 0 radical (unpaired) electrons. The van der Waals surface area contributed by atoms with Crippen LogP contribution in [0.5, 0.6) is 0 Å². The average molecular weight is 298 g/mol. The fourth-order valence-electron chi connectivity index (χ4n) is 1.02. The predicted octanol–water partition coefficient (Wildman–Crippen LogP) is 2.45. The van der Waals surface area contributed by atoms with Gasteiger partial charge in [-0.2, -0.15) is 0 Å². The summed E-state index contributed by atoms with van der Waals surface area (Å²) in [6.07, 6.45) is -1.69. The minimum atomic E-state index is -1.69. The summed E-state index contributed by atoms with van der Waals surface area (Å²) in [5.41, 5.74) is -0.227. The Morgan fingerprint density at radius 1 is 1.67 bits per heavy atom. The molecule has 3 nitrogen and oxygen atoms in total. The van der Waals surface area contributed by atoms with Crippen molar-refractivity contribution in [3.63, 3.8) is 0 Å². The molecule has 0 saturated heterocycles. The van der Waals surface area contributed by atoms with Gasteiger partial charge in [-0.25, -0.2) is 9.18 Å². The van der Waals surface area contributed by atoms with Gasteiger partial charge in [-0.15, -0.1) is 0 Å². The predicted molar refractivity (Wildman–Crippen MR) is 56.1 cm³/mol. The number of aliphatic hydroxyl groups is 1. The van der Waals surface area contributed by atoms with Crippen LogP contribution in [0.2, 0.25) is 5.02 Å². The van der Waals surface area contributed by atoms with Crippen molar-refractivity contribution < 1.29 is 19.0 Å². The Morgan fingerprint density at radius 3 is 2.80 bits per heavy atom. The number of methoxy groups -OCH3 is 1. The standard InChI is InChI=1S/C9H7BrClFO3/c1-15-9(14)8(13)6-4(10)2-3-5(11)7(6)12/h2-3,8,13H,1H3. The molecule has 6 heteroatoms. The maximum absolute atomic E-state index is 13.5. The summed E-state index contributed by atoms with van der Waals surface area (Å²) in [7, 11) is 1.10. The van der Waals surface area contributed by atoms with Gasteiger partial charge < -0.3 is 9.84 Å². The van der Waals surface area contributed by atoms with E-state index in [0.29, 0.717) is 0 Å². The first-order valence-electron chi connectivity index (χ1n) is 3.88. The third kappa shape index (κ3) is 2.48. The molecular formula is C9H7BrClFO3. The first-order chi connectivity index (χ1) is 6.99. The minimum absolute atomic E-state index is 0.170. The lowest BCUT2D eigenvalue weighted by Crippen LogP contribution is -2.15. The Bertz CT molecular complexity index is 397. The number of carbonyl (C=O) groups excluding carboxylic acids is 1. The minimum Gasteiger partial charge on any atom is -0.467 e. The number of hydrogen-bond acceptors (Lipinski definition) is 3. The van der Waals surface area contributed by atoms with Gasteiger partial charge in [0.1, 0.15) is 5.82 Å². The molecule has 15 heavy (non-hydrogen) atoms. The second-order valence-corrected chi connectivity index (χ2v) is 3.94. The van der Waals surface area contributed by atoms with Crippen LogP contribution in [0, 0.1) is 5.82 Å². The first-order valence-corrected chi connectivity index (χ1v) is 5.05. The van der Waals surface area contributed by atoms with Crippen molar-refractivity contribution in [2.45, 2.75) is 6.10 Å². The van der Waals surface area contributed by atoms with Crippen molar-refractivity contribution in [1.82, 2.24) is 0 Å². The van der Waals surface area contributed by atoms with Gasteiger partial charge in [0, 0.05) is 10.0 Å². The van der Waals surface area contributed by atoms with E-state index < -0.39 is 17.9 Å². The van der Waals surface area contributed by atoms with Crippen LogP contribution in [0.3, 0.4) is 0 Å². The molecule has 0 aliphatic rings. The third-order valence-electron chi connectivity index (χ3n) is 1.78. The molecule has 1 atom stereocenters. The highest BCUT2D eigenvalue weighted by Crippen LogP contribution is 2.31. The lowest BCUT2D eigenvalue weighted by Gasteiger charge is -2.12. The van der Waals surface area contributed by atoms with E-state index >= 15 is 0 Å². The Labute approximate surface area is 98.9 Å². The van der Waals surface area contributed by atoms with E-state index in [4.69, 9.17) is 11.6 Å². The van der Waals surface area contributed by atoms with Crippen LogP contribution in [0.4, 0.5) is 4.39 Å². The Balaban J connectivity index is 3.24. The number of ether oxygens (including phenoxy) is 1. The fourth-order valence-corrected chi connectivity index (χ4v) is 1.71. The zero-order chi connectivity index (χ0) is 11.6. The molecular weight excluding hydrogens is 290 g/mol. The van der Waals surface area contributed by atoms with Crippen LogP contribution in [0.25, 0.3) is 0 Å². The van der Waals surface area contributed by atoms with Crippen molar-refractivity contribution in [2.24, 2.45) is 0 Å². The maximum atomic E-state index is 13.5. The van der Waals surface area contributed by atoms with Crippen LogP contribution < -0.4 is 0 Å². The van der Waals surface area contributed by atoms with E-state index in [1.54, 1.807) is 0 Å². The summed E-state index contributed by atoms with van der Waals surface area (Å²) < 4.78 is 18.0. The molecule has 0 spiro atoms. The number of carbonyl (C=O) groups is 1. The molecule has 1 unspecified atom stereocenters. The molecule has 0 aromatic heterocycles. The molecule has 0 saturated carbocycles. The van der Waals surface area contributed by atoms with Crippen LogP contribution in [0.1, 0.15) is 11.7 Å². The van der Waals surface area contributed by atoms with Gasteiger partial charge in [0.15, 0.2) is 6.10 Å². The van der Waals surface area contributed by atoms with Gasteiger partial charge in [-0.3, -0.25) is 0 Å². The quantitative estimate of drug-likeness (QED) is 0.674. The fraction of sp³-hybridized carbons (Fsp3) is 0.222. The van der Waals surface area contributed by atoms with Gasteiger partial charge in [0.05, 0.1) is 12.1 Å². The lowest BCUT2D eigenvalue weighted by atomic mass is 10.1. The molecule has 0 aliphatic carbocycles. The second-order valence-electron chi connectivity index (χ2n) is 2.68. The topological polar surface area (TPSA) is 46.5 Å². The monoisotopic (exact) mass is 296 g/mol. The van der Waals surface area contributed by atoms with Gasteiger partial charge in [0.25, 0.3) is 0 Å². The van der Waals surface area contributed by atoms with E-state index in [9.17, 15) is 14.3 Å². The molecule has 0 aliphatic heterocycles. The summed E-state index contributed by atoms with van der Waals surface area (Å²) in [4.78, 5) is 11.0.